The molecule has 0 radical (unpaired) electrons. The van der Waals surface area contributed by atoms with Gasteiger partial charge in [-0.25, -0.2) is 8.42 Å². The molecule has 2 unspecified atom stereocenters. The minimum atomic E-state index is -3.57. The van der Waals surface area contributed by atoms with Crippen molar-refractivity contribution in [3.63, 3.8) is 0 Å². The average molecular weight is 333 g/mol. The van der Waals surface area contributed by atoms with Crippen molar-refractivity contribution in [1.82, 2.24) is 0 Å². The van der Waals surface area contributed by atoms with Crippen LogP contribution in [0.1, 0.15) is 23.5 Å². The van der Waals surface area contributed by atoms with Crippen molar-refractivity contribution >= 4 is 37.8 Å². The van der Waals surface area contributed by atoms with Crippen LogP contribution >= 0.6 is 11.3 Å². The zero-order chi connectivity index (χ0) is 15.9. The number of nitrogens with zero attached hydrogens (tertiary/aromatic N) is 1. The molecule has 1 aromatic heterocycles. The minimum Gasteiger partial charge on any atom is -0.396 e. The van der Waals surface area contributed by atoms with Gasteiger partial charge in [-0.3, -0.25) is 4.79 Å². The summed E-state index contributed by atoms with van der Waals surface area (Å²) in [7, 11) is -3.57. The Morgan fingerprint density at radius 3 is 2.29 bits per heavy atom. The molecule has 0 spiro atoms. The van der Waals surface area contributed by atoms with Gasteiger partial charge in [-0.05, 0) is 13.8 Å². The molecule has 4 N–H and O–H groups in total. The molecule has 0 bridgehead atoms. The molecule has 2 heterocycles. The van der Waals surface area contributed by atoms with Crippen LogP contribution in [0, 0.1) is 0 Å². The molecule has 1 saturated heterocycles. The van der Waals surface area contributed by atoms with Crippen molar-refractivity contribution in [3.05, 3.63) is 4.88 Å². The number of thiophene rings is 1. The van der Waals surface area contributed by atoms with Gasteiger partial charge in [0, 0.05) is 19.3 Å². The molecule has 7 nitrogen and oxygen atoms in total. The third-order valence-electron chi connectivity index (χ3n) is 3.18. The van der Waals surface area contributed by atoms with Crippen LogP contribution in [0.5, 0.6) is 0 Å². The summed E-state index contributed by atoms with van der Waals surface area (Å²) >= 11 is 1.02. The molecule has 9 heteroatoms. The number of primary amides is 1. The van der Waals surface area contributed by atoms with Crippen LogP contribution in [-0.4, -0.2) is 45.9 Å². The number of carbonyl (C=O) groups excluding carboxylic acids is 1. The number of rotatable bonds is 3. The molecule has 1 aliphatic heterocycles. The van der Waals surface area contributed by atoms with E-state index in [1.54, 1.807) is 0 Å². The topological polar surface area (TPSA) is 116 Å². The van der Waals surface area contributed by atoms with Gasteiger partial charge in [0.25, 0.3) is 5.91 Å². The van der Waals surface area contributed by atoms with Crippen LogP contribution in [0.25, 0.3) is 0 Å². The van der Waals surface area contributed by atoms with Gasteiger partial charge in [0.1, 0.15) is 14.8 Å². The zero-order valence-electron chi connectivity index (χ0n) is 12.1. The van der Waals surface area contributed by atoms with Gasteiger partial charge < -0.3 is 21.1 Å². The number of anilines is 2. The lowest BCUT2D eigenvalue weighted by Crippen LogP contribution is -2.45. The van der Waals surface area contributed by atoms with Crippen LogP contribution in [0.15, 0.2) is 4.90 Å². The number of nitrogens with two attached hydrogens (primary N) is 2. The lowest BCUT2D eigenvalue weighted by Gasteiger charge is -2.36. The van der Waals surface area contributed by atoms with Gasteiger partial charge in [-0.2, -0.15) is 0 Å². The molecule has 21 heavy (non-hydrogen) atoms. The van der Waals surface area contributed by atoms with Crippen molar-refractivity contribution in [2.45, 2.75) is 31.0 Å². The van der Waals surface area contributed by atoms with E-state index in [0.717, 1.165) is 17.6 Å². The van der Waals surface area contributed by atoms with E-state index in [9.17, 15) is 13.2 Å². The normalized spacial score (nSPS) is 23.3. The van der Waals surface area contributed by atoms with E-state index < -0.39 is 15.7 Å². The monoisotopic (exact) mass is 333 g/mol. The fourth-order valence-corrected chi connectivity index (χ4v) is 5.09. The smallest absolute Gasteiger partial charge is 0.261 e. The SMILES string of the molecule is CC1CN(c2sc(C(N)=O)c(N)c2S(C)(=O)=O)CC(C)O1. The molecule has 1 aliphatic rings. The van der Waals surface area contributed by atoms with Crippen molar-refractivity contribution in [2.75, 3.05) is 30.0 Å². The number of morpholine rings is 1. The quantitative estimate of drug-likeness (QED) is 0.829. The molecule has 0 saturated carbocycles. The summed E-state index contributed by atoms with van der Waals surface area (Å²) in [6.07, 6.45) is 0.996. The fourth-order valence-electron chi connectivity index (χ4n) is 2.51. The number of carbonyl (C=O) groups is 1. The first-order valence-corrected chi connectivity index (χ1v) is 9.14. The highest BCUT2D eigenvalue weighted by Crippen LogP contribution is 2.42. The van der Waals surface area contributed by atoms with Crippen molar-refractivity contribution in [3.8, 4) is 0 Å². The van der Waals surface area contributed by atoms with E-state index in [2.05, 4.69) is 0 Å². The van der Waals surface area contributed by atoms with E-state index in [-0.39, 0.29) is 27.7 Å². The Balaban J connectivity index is 2.57. The van der Waals surface area contributed by atoms with Gasteiger partial charge in [0.2, 0.25) is 0 Å². The van der Waals surface area contributed by atoms with Crippen LogP contribution in [0.4, 0.5) is 10.7 Å². The lowest BCUT2D eigenvalue weighted by atomic mass is 10.2. The molecule has 0 aromatic carbocycles. The maximum absolute atomic E-state index is 12.0. The predicted octanol–water partition coefficient (Wildman–Crippen LogP) is 0.446. The Hall–Kier alpha value is -1.32. The van der Waals surface area contributed by atoms with Crippen LogP contribution in [0.3, 0.4) is 0 Å². The molecule has 1 aromatic rings. The van der Waals surface area contributed by atoms with Crippen LogP contribution < -0.4 is 16.4 Å². The third-order valence-corrected chi connectivity index (χ3v) is 5.75. The van der Waals surface area contributed by atoms with Crippen molar-refractivity contribution in [1.29, 1.82) is 0 Å². The van der Waals surface area contributed by atoms with Crippen molar-refractivity contribution in [2.24, 2.45) is 5.73 Å². The maximum atomic E-state index is 12.0. The summed E-state index contributed by atoms with van der Waals surface area (Å²) < 4.78 is 29.7. The third kappa shape index (κ3) is 3.14. The number of nitrogen functional groups attached to an aromatic ring is 1. The average Bonchev–Trinajstić information content (AvgIpc) is 2.65. The number of ether oxygens (including phenoxy) is 1. The molecular formula is C12H19N3O4S2. The minimum absolute atomic E-state index is 0.0115. The van der Waals surface area contributed by atoms with Crippen molar-refractivity contribution < 1.29 is 17.9 Å². The molecule has 2 rings (SSSR count). The summed E-state index contributed by atoms with van der Waals surface area (Å²) in [5.41, 5.74) is 11.1. The Labute approximate surface area is 127 Å². The standard InChI is InChI=1S/C12H19N3O4S2/c1-6-4-15(5-7(2)19-6)12-10(21(3,17)18)8(13)9(20-12)11(14)16/h6-7H,4-5,13H2,1-3H3,(H2,14,16). The van der Waals surface area contributed by atoms with E-state index in [0.29, 0.717) is 18.1 Å². The van der Waals surface area contributed by atoms with Gasteiger partial charge >= 0.3 is 0 Å². The second-order valence-electron chi connectivity index (χ2n) is 5.28. The van der Waals surface area contributed by atoms with Gasteiger partial charge in [0.05, 0.1) is 17.9 Å². The zero-order valence-corrected chi connectivity index (χ0v) is 13.8. The van der Waals surface area contributed by atoms with Gasteiger partial charge in [-0.1, -0.05) is 0 Å². The van der Waals surface area contributed by atoms with E-state index in [4.69, 9.17) is 16.2 Å². The molecule has 0 aliphatic carbocycles. The Kier molecular flexibility index (Phi) is 4.18. The van der Waals surface area contributed by atoms with Gasteiger partial charge in [-0.15, -0.1) is 11.3 Å². The Morgan fingerprint density at radius 2 is 1.86 bits per heavy atom. The molecule has 118 valence electrons. The van der Waals surface area contributed by atoms with E-state index in [1.807, 2.05) is 18.7 Å². The molecule has 2 atom stereocenters. The summed E-state index contributed by atoms with van der Waals surface area (Å²) in [6, 6.07) is 0. The first-order valence-electron chi connectivity index (χ1n) is 6.43. The summed E-state index contributed by atoms with van der Waals surface area (Å²) in [4.78, 5) is 13.4. The highest BCUT2D eigenvalue weighted by Gasteiger charge is 2.32. The second kappa shape index (κ2) is 5.47. The first kappa shape index (κ1) is 16.1. The summed E-state index contributed by atoms with van der Waals surface area (Å²) in [5, 5.41) is 0.464. The fraction of sp³-hybridized carbons (Fsp3) is 0.583. The number of hydrogen-bond donors (Lipinski definition) is 2. The highest BCUT2D eigenvalue weighted by atomic mass is 32.2. The Morgan fingerprint density at radius 1 is 1.33 bits per heavy atom. The first-order chi connectivity index (χ1) is 9.61. The highest BCUT2D eigenvalue weighted by molar-refractivity contribution is 7.91. The van der Waals surface area contributed by atoms with E-state index >= 15 is 0 Å². The molecule has 1 amide bonds. The van der Waals surface area contributed by atoms with E-state index in [1.165, 1.54) is 0 Å². The number of amides is 1. The van der Waals surface area contributed by atoms with Crippen LogP contribution in [0.2, 0.25) is 0 Å². The largest absolute Gasteiger partial charge is 0.396 e. The predicted molar refractivity (Wildman–Crippen MR) is 82.6 cm³/mol. The molecular weight excluding hydrogens is 314 g/mol. The number of sulfone groups is 1. The lowest BCUT2D eigenvalue weighted by molar-refractivity contribution is -0.00515. The maximum Gasteiger partial charge on any atom is 0.261 e. The van der Waals surface area contributed by atoms with Crippen LogP contribution in [-0.2, 0) is 14.6 Å². The second-order valence-corrected chi connectivity index (χ2v) is 8.23. The Bertz CT molecular complexity index is 658. The summed E-state index contributed by atoms with van der Waals surface area (Å²) in [6.45, 7) is 4.89. The van der Waals surface area contributed by atoms with Gasteiger partial charge in [0.15, 0.2) is 9.84 Å². The molecule has 1 fully saturated rings. The number of hydrogen-bond acceptors (Lipinski definition) is 7. The summed E-state index contributed by atoms with van der Waals surface area (Å²) in [5.74, 6) is -0.719.